The lowest BCUT2D eigenvalue weighted by atomic mass is 10.1. The second kappa shape index (κ2) is 4.09. The van der Waals surface area contributed by atoms with Crippen molar-refractivity contribution in [1.29, 1.82) is 0 Å². The molecule has 1 aliphatic heterocycles. The summed E-state index contributed by atoms with van der Waals surface area (Å²) in [5, 5.41) is 3.32. The predicted octanol–water partition coefficient (Wildman–Crippen LogP) is 3.06. The minimum absolute atomic E-state index is 0.00454. The molecule has 0 spiro atoms. The molecule has 1 aromatic carbocycles. The van der Waals surface area contributed by atoms with Gasteiger partial charge in [0.05, 0.1) is 5.56 Å². The smallest absolute Gasteiger partial charge is 0.416 e. The van der Waals surface area contributed by atoms with Gasteiger partial charge in [0.25, 0.3) is 0 Å². The van der Waals surface area contributed by atoms with Crippen molar-refractivity contribution in [3.8, 4) is 0 Å². The fourth-order valence-electron chi connectivity index (χ4n) is 2.24. The summed E-state index contributed by atoms with van der Waals surface area (Å²) in [6, 6.07) is 4.23. The molecule has 1 aliphatic rings. The molecule has 6 heteroatoms. The number of hydrogen-bond donors (Lipinski definition) is 1. The molecule has 0 bridgehead atoms. The molecule has 1 aromatic heterocycles. The van der Waals surface area contributed by atoms with Crippen LogP contribution in [0.4, 0.5) is 13.2 Å². The van der Waals surface area contributed by atoms with E-state index in [1.54, 1.807) is 0 Å². The van der Waals surface area contributed by atoms with Gasteiger partial charge in [-0.25, -0.2) is 0 Å². The number of carbonyl (C=O) groups is 1. The van der Waals surface area contributed by atoms with Gasteiger partial charge >= 0.3 is 6.18 Å². The number of ketones is 1. The quantitative estimate of drug-likeness (QED) is 0.865. The molecule has 1 N–H and O–H groups in total. The first kappa shape index (κ1) is 12.2. The second-order valence-electron chi connectivity index (χ2n) is 4.50. The second-order valence-corrected chi connectivity index (χ2v) is 4.50. The standard InChI is InChI=1S/C13H10F3NO2/c14-13(15,16)8-1-2-10-7(5-8)6-11(19-10)12-9(18)3-4-17-12/h1-2,5-6,12,17H,3-4H2. The first-order valence-electron chi connectivity index (χ1n) is 5.82. The monoisotopic (exact) mass is 269 g/mol. The lowest BCUT2D eigenvalue weighted by molar-refractivity contribution is -0.137. The maximum absolute atomic E-state index is 12.6. The SMILES string of the molecule is O=C1CCNC1c1cc2cc(C(F)(F)F)ccc2o1. The fourth-order valence-corrected chi connectivity index (χ4v) is 2.24. The number of hydrogen-bond acceptors (Lipinski definition) is 3. The number of halogens is 3. The molecule has 1 fully saturated rings. The Bertz CT molecular complexity index is 645. The van der Waals surface area contributed by atoms with Gasteiger partial charge in [0.1, 0.15) is 17.4 Å². The lowest BCUT2D eigenvalue weighted by Crippen LogP contribution is -2.16. The van der Waals surface area contributed by atoms with E-state index in [1.165, 1.54) is 12.1 Å². The van der Waals surface area contributed by atoms with Gasteiger partial charge in [-0.3, -0.25) is 4.79 Å². The van der Waals surface area contributed by atoms with Crippen LogP contribution in [0, 0.1) is 0 Å². The van der Waals surface area contributed by atoms with Gasteiger partial charge in [0.15, 0.2) is 5.78 Å². The molecule has 0 amide bonds. The lowest BCUT2D eigenvalue weighted by Gasteiger charge is -2.05. The van der Waals surface area contributed by atoms with Crippen LogP contribution >= 0.6 is 0 Å². The van der Waals surface area contributed by atoms with E-state index >= 15 is 0 Å². The number of rotatable bonds is 1. The highest BCUT2D eigenvalue weighted by atomic mass is 19.4. The average molecular weight is 269 g/mol. The fraction of sp³-hybridized carbons (Fsp3) is 0.308. The molecule has 0 aliphatic carbocycles. The molecule has 1 saturated heterocycles. The third-order valence-electron chi connectivity index (χ3n) is 3.19. The van der Waals surface area contributed by atoms with E-state index in [4.69, 9.17) is 4.42 Å². The zero-order valence-corrected chi connectivity index (χ0v) is 9.75. The van der Waals surface area contributed by atoms with Gasteiger partial charge in [-0.05, 0) is 24.3 Å². The molecule has 19 heavy (non-hydrogen) atoms. The minimum atomic E-state index is -4.38. The first-order chi connectivity index (χ1) is 8.95. The molecular weight excluding hydrogens is 259 g/mol. The zero-order chi connectivity index (χ0) is 13.6. The van der Waals surface area contributed by atoms with Gasteiger partial charge in [-0.15, -0.1) is 0 Å². The summed E-state index contributed by atoms with van der Waals surface area (Å²) >= 11 is 0. The van der Waals surface area contributed by atoms with Gasteiger partial charge in [-0.1, -0.05) is 0 Å². The zero-order valence-electron chi connectivity index (χ0n) is 9.75. The Kier molecular flexibility index (Phi) is 2.63. The third kappa shape index (κ3) is 2.12. The van der Waals surface area contributed by atoms with E-state index in [2.05, 4.69) is 5.32 Å². The molecule has 3 nitrogen and oxygen atoms in total. The van der Waals surface area contributed by atoms with Gasteiger partial charge in [0, 0.05) is 18.4 Å². The van der Waals surface area contributed by atoms with Crippen LogP contribution in [-0.2, 0) is 11.0 Å². The Morgan fingerprint density at radius 1 is 1.26 bits per heavy atom. The van der Waals surface area contributed by atoms with Crippen molar-refractivity contribution in [2.45, 2.75) is 18.6 Å². The van der Waals surface area contributed by atoms with Crippen LogP contribution < -0.4 is 5.32 Å². The van der Waals surface area contributed by atoms with Crippen LogP contribution in [0.15, 0.2) is 28.7 Å². The van der Waals surface area contributed by atoms with Gasteiger partial charge in [-0.2, -0.15) is 13.2 Å². The van der Waals surface area contributed by atoms with E-state index in [0.717, 1.165) is 12.1 Å². The number of nitrogens with one attached hydrogen (secondary N) is 1. The molecule has 1 atom stereocenters. The normalized spacial score (nSPS) is 20.4. The Balaban J connectivity index is 2.04. The summed E-state index contributed by atoms with van der Waals surface area (Å²) in [5.74, 6) is 0.368. The van der Waals surface area contributed by atoms with Crippen LogP contribution in [0.3, 0.4) is 0 Å². The van der Waals surface area contributed by atoms with Crippen molar-refractivity contribution in [3.63, 3.8) is 0 Å². The molecule has 2 aromatic rings. The molecule has 1 unspecified atom stereocenters. The molecule has 0 radical (unpaired) electrons. The van der Waals surface area contributed by atoms with Crippen molar-refractivity contribution in [1.82, 2.24) is 5.32 Å². The van der Waals surface area contributed by atoms with Crippen LogP contribution in [0.1, 0.15) is 23.8 Å². The minimum Gasteiger partial charge on any atom is -0.459 e. The van der Waals surface area contributed by atoms with Crippen molar-refractivity contribution in [3.05, 3.63) is 35.6 Å². The summed E-state index contributed by atoms with van der Waals surface area (Å²) in [5.41, 5.74) is -0.373. The maximum atomic E-state index is 12.6. The third-order valence-corrected chi connectivity index (χ3v) is 3.19. The van der Waals surface area contributed by atoms with Crippen LogP contribution in [0.5, 0.6) is 0 Å². The van der Waals surface area contributed by atoms with Crippen LogP contribution in [0.2, 0.25) is 0 Å². The highest BCUT2D eigenvalue weighted by Gasteiger charge is 2.32. The van der Waals surface area contributed by atoms with Crippen molar-refractivity contribution in [2.24, 2.45) is 0 Å². The Hall–Kier alpha value is -1.82. The Labute approximate surface area is 106 Å². The van der Waals surface area contributed by atoms with Crippen LogP contribution in [-0.4, -0.2) is 12.3 Å². The number of alkyl halides is 3. The topological polar surface area (TPSA) is 42.2 Å². The molecule has 2 heterocycles. The number of Topliss-reactive ketones (excluding diaryl/α,β-unsaturated/α-hetero) is 1. The Morgan fingerprint density at radius 2 is 2.05 bits per heavy atom. The molecular formula is C13H10F3NO2. The van der Waals surface area contributed by atoms with E-state index in [1.807, 2.05) is 0 Å². The number of furan rings is 1. The highest BCUT2D eigenvalue weighted by Crippen LogP contribution is 2.33. The molecule has 100 valence electrons. The van der Waals surface area contributed by atoms with Crippen molar-refractivity contribution in [2.75, 3.05) is 6.54 Å². The van der Waals surface area contributed by atoms with E-state index in [0.29, 0.717) is 29.7 Å². The maximum Gasteiger partial charge on any atom is 0.416 e. The van der Waals surface area contributed by atoms with Gasteiger partial charge in [0.2, 0.25) is 0 Å². The highest BCUT2D eigenvalue weighted by molar-refractivity contribution is 5.88. The van der Waals surface area contributed by atoms with E-state index < -0.39 is 17.8 Å². The average Bonchev–Trinajstić information content (AvgIpc) is 2.91. The molecule has 0 saturated carbocycles. The molecule has 3 rings (SSSR count). The largest absolute Gasteiger partial charge is 0.459 e. The summed E-state index contributed by atoms with van der Waals surface area (Å²) in [6.45, 7) is 0.564. The first-order valence-corrected chi connectivity index (χ1v) is 5.82. The Morgan fingerprint density at radius 3 is 2.68 bits per heavy atom. The predicted molar refractivity (Wildman–Crippen MR) is 61.6 cm³/mol. The summed E-state index contributed by atoms with van der Waals surface area (Å²) < 4.78 is 43.2. The number of carbonyl (C=O) groups excluding carboxylic acids is 1. The van der Waals surface area contributed by atoms with E-state index in [9.17, 15) is 18.0 Å². The van der Waals surface area contributed by atoms with E-state index in [-0.39, 0.29) is 5.78 Å². The van der Waals surface area contributed by atoms with Gasteiger partial charge < -0.3 is 9.73 Å². The number of benzene rings is 1. The van der Waals surface area contributed by atoms with Crippen LogP contribution in [0.25, 0.3) is 11.0 Å². The number of fused-ring (bicyclic) bond motifs is 1. The summed E-state index contributed by atoms with van der Waals surface area (Å²) in [6.07, 6.45) is -3.97. The summed E-state index contributed by atoms with van der Waals surface area (Å²) in [7, 11) is 0. The van der Waals surface area contributed by atoms with Crippen molar-refractivity contribution < 1.29 is 22.4 Å². The van der Waals surface area contributed by atoms with Crippen molar-refractivity contribution >= 4 is 16.8 Å². The summed E-state index contributed by atoms with van der Waals surface area (Å²) in [4.78, 5) is 11.6.